The molecule has 0 spiro atoms. The number of aliphatic hydroxyl groups excluding tert-OH is 1. The van der Waals surface area contributed by atoms with Crippen molar-refractivity contribution in [2.45, 2.75) is 64.6 Å². The van der Waals surface area contributed by atoms with E-state index in [9.17, 15) is 14.7 Å². The van der Waals surface area contributed by atoms with E-state index in [4.69, 9.17) is 9.47 Å². The van der Waals surface area contributed by atoms with Crippen LogP contribution in [0.3, 0.4) is 0 Å². The Morgan fingerprint density at radius 2 is 1.73 bits per heavy atom. The van der Waals surface area contributed by atoms with Crippen LogP contribution in [-0.4, -0.2) is 65.6 Å². The van der Waals surface area contributed by atoms with Gasteiger partial charge in [-0.1, -0.05) is 62.6 Å². The normalized spacial score (nSPS) is 19.8. The lowest BCUT2D eigenvalue weighted by Gasteiger charge is -2.38. The van der Waals surface area contributed by atoms with E-state index in [0.717, 1.165) is 42.7 Å². The molecule has 5 rings (SSSR count). The van der Waals surface area contributed by atoms with Gasteiger partial charge in [-0.3, -0.25) is 14.5 Å². The molecule has 1 aliphatic heterocycles. The minimum absolute atomic E-state index is 0.0156. The molecule has 44 heavy (non-hydrogen) atoms. The van der Waals surface area contributed by atoms with Gasteiger partial charge in [-0.15, -0.1) is 0 Å². The van der Waals surface area contributed by atoms with E-state index in [-0.39, 0.29) is 42.4 Å². The minimum atomic E-state index is -0.355. The van der Waals surface area contributed by atoms with E-state index < -0.39 is 0 Å². The van der Waals surface area contributed by atoms with Crippen molar-refractivity contribution in [1.82, 2.24) is 9.80 Å². The van der Waals surface area contributed by atoms with Gasteiger partial charge in [0.1, 0.15) is 17.6 Å². The number of anilines is 1. The zero-order valence-corrected chi connectivity index (χ0v) is 26.1. The van der Waals surface area contributed by atoms with Crippen molar-refractivity contribution in [2.75, 3.05) is 32.1 Å². The molecule has 0 saturated heterocycles. The number of likely N-dealkylation sites (N-methyl/N-ethyl adjacent to an activating group) is 1. The Kier molecular flexibility index (Phi) is 10.6. The van der Waals surface area contributed by atoms with Gasteiger partial charge in [0.25, 0.3) is 5.91 Å². The molecule has 1 saturated carbocycles. The number of carbonyl (C=O) groups excluding carboxylic acids is 2. The van der Waals surface area contributed by atoms with Crippen molar-refractivity contribution in [3.63, 3.8) is 0 Å². The van der Waals surface area contributed by atoms with Gasteiger partial charge in [-0.2, -0.15) is 0 Å². The molecule has 1 fully saturated rings. The lowest BCUT2D eigenvalue weighted by molar-refractivity contribution is -0.120. The summed E-state index contributed by atoms with van der Waals surface area (Å²) in [7, 11) is 2.06. The molecule has 2 N–H and O–H groups in total. The topological polar surface area (TPSA) is 91.3 Å². The van der Waals surface area contributed by atoms with Crippen molar-refractivity contribution >= 4 is 17.5 Å². The summed E-state index contributed by atoms with van der Waals surface area (Å²) < 4.78 is 12.7. The van der Waals surface area contributed by atoms with Crippen LogP contribution in [0.1, 0.15) is 61.9 Å². The number of ether oxygens (including phenoxy) is 2. The van der Waals surface area contributed by atoms with Crippen LogP contribution in [0.2, 0.25) is 0 Å². The molecule has 3 aromatic rings. The fourth-order valence-corrected chi connectivity index (χ4v) is 6.13. The van der Waals surface area contributed by atoms with Gasteiger partial charge < -0.3 is 24.8 Å². The number of para-hydroxylation sites is 2. The second kappa shape index (κ2) is 14.7. The highest BCUT2D eigenvalue weighted by molar-refractivity contribution is 6.02. The molecule has 0 radical (unpaired) electrons. The first-order valence-corrected chi connectivity index (χ1v) is 15.8. The van der Waals surface area contributed by atoms with Gasteiger partial charge in [-0.25, -0.2) is 0 Å². The summed E-state index contributed by atoms with van der Waals surface area (Å²) in [6.07, 6.45) is 4.78. The van der Waals surface area contributed by atoms with Crippen LogP contribution in [-0.2, 0) is 11.3 Å². The number of fused-ring (bicyclic) bond motifs is 1. The van der Waals surface area contributed by atoms with E-state index >= 15 is 0 Å². The highest BCUT2D eigenvalue weighted by Crippen LogP contribution is 2.36. The monoisotopic (exact) mass is 599 g/mol. The number of aliphatic hydroxyl groups is 1. The first-order chi connectivity index (χ1) is 21.3. The molecular weight excluding hydrogens is 554 g/mol. The molecule has 8 nitrogen and oxygen atoms in total. The molecule has 2 aliphatic rings. The van der Waals surface area contributed by atoms with Crippen molar-refractivity contribution < 1.29 is 24.2 Å². The van der Waals surface area contributed by atoms with E-state index in [1.54, 1.807) is 17.0 Å². The molecule has 0 unspecified atom stereocenters. The third-order valence-corrected chi connectivity index (χ3v) is 8.77. The SMILES string of the molecule is C[C@@H]1CN([C@@H](C)CO)C(=O)c2cccc(NC(=O)C3CCCCC3)c2O[C@@H]1CN(C)Cc1ccc(Oc2ccccc2)cc1. The van der Waals surface area contributed by atoms with E-state index in [1.165, 1.54) is 6.42 Å². The summed E-state index contributed by atoms with van der Waals surface area (Å²) in [4.78, 5) is 31.0. The van der Waals surface area contributed by atoms with Crippen LogP contribution in [0.15, 0.2) is 72.8 Å². The quantitative estimate of drug-likeness (QED) is 0.282. The summed E-state index contributed by atoms with van der Waals surface area (Å²) in [6.45, 7) is 5.54. The molecule has 234 valence electrons. The summed E-state index contributed by atoms with van der Waals surface area (Å²) in [5.74, 6) is 1.70. The fraction of sp³-hybridized carbons (Fsp3) is 0.444. The Hall–Kier alpha value is -3.88. The molecule has 8 heteroatoms. The van der Waals surface area contributed by atoms with E-state index in [0.29, 0.717) is 36.6 Å². The maximum atomic E-state index is 13.8. The molecule has 3 atom stereocenters. The van der Waals surface area contributed by atoms with Crippen LogP contribution in [0.5, 0.6) is 17.2 Å². The molecule has 2 amide bonds. The van der Waals surface area contributed by atoms with Gasteiger partial charge in [-0.05, 0) is 68.8 Å². The number of amides is 2. The van der Waals surface area contributed by atoms with Gasteiger partial charge >= 0.3 is 0 Å². The summed E-state index contributed by atoms with van der Waals surface area (Å²) in [6, 6.07) is 22.8. The molecule has 0 aromatic heterocycles. The maximum Gasteiger partial charge on any atom is 0.258 e. The first-order valence-electron chi connectivity index (χ1n) is 15.8. The Bertz CT molecular complexity index is 1390. The summed E-state index contributed by atoms with van der Waals surface area (Å²) >= 11 is 0. The largest absolute Gasteiger partial charge is 0.486 e. The van der Waals surface area contributed by atoms with E-state index in [1.807, 2.05) is 55.5 Å². The highest BCUT2D eigenvalue weighted by atomic mass is 16.5. The number of hydrogen-bond donors (Lipinski definition) is 2. The zero-order valence-electron chi connectivity index (χ0n) is 26.1. The van der Waals surface area contributed by atoms with Crippen molar-refractivity contribution in [1.29, 1.82) is 0 Å². The lowest BCUT2D eigenvalue weighted by Crippen LogP contribution is -2.49. The van der Waals surface area contributed by atoms with Crippen LogP contribution >= 0.6 is 0 Å². The lowest BCUT2D eigenvalue weighted by atomic mass is 9.88. The highest BCUT2D eigenvalue weighted by Gasteiger charge is 2.35. The number of benzene rings is 3. The Balaban J connectivity index is 1.34. The predicted octanol–water partition coefficient (Wildman–Crippen LogP) is 6.35. The molecular formula is C36H45N3O5. The molecule has 0 bridgehead atoms. The van der Waals surface area contributed by atoms with Crippen LogP contribution in [0, 0.1) is 11.8 Å². The standard InChI is InChI=1S/C36H45N3O5/c1-25-21-39(26(2)24-40)36(42)31-15-10-16-32(37-35(41)28-11-6-4-7-12-28)34(31)44-33(25)23-38(3)22-27-17-19-30(20-18-27)43-29-13-8-5-9-14-29/h5,8-10,13-20,25-26,28,33,40H,4,6-7,11-12,21-24H2,1-3H3,(H,37,41)/t25-,26+,33-/m1/s1. The first kappa shape index (κ1) is 31.5. The number of carbonyl (C=O) groups is 2. The average molecular weight is 600 g/mol. The Morgan fingerprint density at radius 3 is 2.43 bits per heavy atom. The third kappa shape index (κ3) is 7.79. The van der Waals surface area contributed by atoms with Gasteiger partial charge in [0.2, 0.25) is 5.91 Å². The van der Waals surface area contributed by atoms with Crippen molar-refractivity contribution in [3.8, 4) is 17.2 Å². The second-order valence-electron chi connectivity index (χ2n) is 12.4. The van der Waals surface area contributed by atoms with Crippen LogP contribution in [0.4, 0.5) is 5.69 Å². The molecule has 1 heterocycles. The van der Waals surface area contributed by atoms with Gasteiger partial charge in [0.05, 0.1) is 23.9 Å². The predicted molar refractivity (Wildman–Crippen MR) is 172 cm³/mol. The molecule has 1 aliphatic carbocycles. The van der Waals surface area contributed by atoms with Gasteiger partial charge in [0.15, 0.2) is 5.75 Å². The average Bonchev–Trinajstić information content (AvgIpc) is 3.04. The van der Waals surface area contributed by atoms with Crippen LogP contribution in [0.25, 0.3) is 0 Å². The number of nitrogens with one attached hydrogen (secondary N) is 1. The summed E-state index contributed by atoms with van der Waals surface area (Å²) in [5.41, 5.74) is 2.07. The van der Waals surface area contributed by atoms with Crippen LogP contribution < -0.4 is 14.8 Å². The fourth-order valence-electron chi connectivity index (χ4n) is 6.13. The zero-order chi connectivity index (χ0) is 31.1. The van der Waals surface area contributed by atoms with Crippen molar-refractivity contribution in [3.05, 3.63) is 83.9 Å². The van der Waals surface area contributed by atoms with Crippen molar-refractivity contribution in [2.24, 2.45) is 11.8 Å². The smallest absolute Gasteiger partial charge is 0.258 e. The van der Waals surface area contributed by atoms with E-state index in [2.05, 4.69) is 36.3 Å². The maximum absolute atomic E-state index is 13.8. The minimum Gasteiger partial charge on any atom is -0.486 e. The number of nitrogens with zero attached hydrogens (tertiary/aromatic N) is 2. The third-order valence-electron chi connectivity index (χ3n) is 8.77. The Labute approximate surface area is 261 Å². The second-order valence-corrected chi connectivity index (χ2v) is 12.4. The summed E-state index contributed by atoms with van der Waals surface area (Å²) in [5, 5.41) is 13.1. The van der Waals surface area contributed by atoms with Gasteiger partial charge in [0, 0.05) is 31.5 Å². The Morgan fingerprint density at radius 1 is 1.02 bits per heavy atom. The number of hydrogen-bond acceptors (Lipinski definition) is 6. The molecule has 3 aromatic carbocycles. The number of rotatable bonds is 10.